The van der Waals surface area contributed by atoms with Gasteiger partial charge in [-0.2, -0.15) is 11.2 Å². The van der Waals surface area contributed by atoms with E-state index in [9.17, 15) is 0 Å². The first-order valence-corrected chi connectivity index (χ1v) is 5.38. The third-order valence-corrected chi connectivity index (χ3v) is 1.02. The molecular formula is C15H8Mn2O8S2-2. The van der Waals surface area contributed by atoms with Crippen LogP contribution in [-0.4, -0.2) is 6.26 Å². The van der Waals surface area contributed by atoms with E-state index in [0.717, 1.165) is 4.90 Å². The van der Waals surface area contributed by atoms with Gasteiger partial charge in [-0.3, -0.25) is 0 Å². The van der Waals surface area contributed by atoms with E-state index in [4.69, 9.17) is 49.8 Å². The summed E-state index contributed by atoms with van der Waals surface area (Å²) in [5.41, 5.74) is 0. The summed E-state index contributed by atoms with van der Waals surface area (Å²) in [4.78, 5) is 0.905. The zero-order chi connectivity index (χ0) is 23.1. The molecule has 0 unspecified atom stereocenters. The smallest absolute Gasteiger partial charge is 0 e. The maximum atomic E-state index is 7.50. The molecule has 0 aliphatic heterocycles. The van der Waals surface area contributed by atoms with Crippen molar-refractivity contribution in [3.05, 3.63) is 83.5 Å². The minimum Gasteiger partial charge on any atom is -0.780 e. The van der Waals surface area contributed by atoms with Gasteiger partial charge in [0.1, 0.15) is 0 Å². The Kier molecular flexibility index (Phi) is 823. The summed E-state index contributed by atoms with van der Waals surface area (Å²) in [5.74, 6) is 0. The second kappa shape index (κ2) is 306. The predicted octanol–water partition coefficient (Wildman–Crippen LogP) is 1.45. The number of hydrogen-bond acceptors (Lipinski definition) is 2. The van der Waals surface area contributed by atoms with E-state index in [1.54, 1.807) is 6.26 Å². The fourth-order valence-corrected chi connectivity index (χ4v) is 0.578. The molecule has 0 aliphatic carbocycles. The molecule has 0 N–H and O–H groups in total. The van der Waals surface area contributed by atoms with E-state index in [1.807, 2.05) is 30.3 Å². The van der Waals surface area contributed by atoms with Gasteiger partial charge in [0.15, 0.2) is 0 Å². The number of rotatable bonds is 0. The molecule has 0 atom stereocenters. The normalized spacial score (nSPS) is 3.04. The average Bonchev–Trinajstić information content (AvgIpc) is 2.81. The summed E-state index contributed by atoms with van der Waals surface area (Å²) in [5, 5.41) is 0. The van der Waals surface area contributed by atoms with Crippen molar-refractivity contribution in [1.29, 1.82) is 0 Å². The molecule has 0 fully saturated rings. The van der Waals surface area contributed by atoms with Crippen molar-refractivity contribution in [3.8, 4) is 0 Å². The Labute approximate surface area is 190 Å². The molecule has 0 amide bonds. The van der Waals surface area contributed by atoms with Crippen LogP contribution in [0.4, 0.5) is 0 Å². The van der Waals surface area contributed by atoms with E-state index in [0.29, 0.717) is 0 Å². The Morgan fingerprint density at radius 1 is 0.481 bits per heavy atom. The first kappa shape index (κ1) is 72.5. The second-order valence-electron chi connectivity index (χ2n) is 1.31. The van der Waals surface area contributed by atoms with Crippen molar-refractivity contribution in [2.45, 2.75) is 4.90 Å². The van der Waals surface area contributed by atoms with Gasteiger partial charge in [0.2, 0.25) is 0 Å². The van der Waals surface area contributed by atoms with Crippen molar-refractivity contribution in [1.82, 2.24) is 0 Å². The summed E-state index contributed by atoms with van der Waals surface area (Å²) in [6, 6.07) is 9.62. The van der Waals surface area contributed by atoms with Crippen molar-refractivity contribution in [2.75, 3.05) is 6.26 Å². The number of hydrogen-bond donors (Lipinski definition) is 0. The molecule has 1 aromatic rings. The average molecular weight is 490 g/mol. The van der Waals surface area contributed by atoms with Crippen LogP contribution in [0.5, 0.6) is 0 Å². The largest absolute Gasteiger partial charge is 0.780 e. The van der Waals surface area contributed by atoms with Gasteiger partial charge in [-0.05, 0) is 0 Å². The van der Waals surface area contributed by atoms with Crippen molar-refractivity contribution < 1.29 is 71.4 Å². The fraction of sp³-hybridized carbons (Fsp3) is 0.0667. The molecule has 0 spiro atoms. The van der Waals surface area contributed by atoms with Gasteiger partial charge in [0.25, 0.3) is 0 Å². The maximum absolute atomic E-state index is 7.50. The standard InChI is InChI=1S/C6H6S.8CO.CH4S.2Mn/c7-6-4-2-1-3-5-6;9*1-2;;/h1-5,7H;;;;;;;;;2H,1H3;;/p-2. The van der Waals surface area contributed by atoms with Gasteiger partial charge in [0, 0.05) is 34.1 Å². The topological polar surface area (TPSA) is 159 Å². The van der Waals surface area contributed by atoms with Crippen LogP contribution in [0.25, 0.3) is 0 Å². The molecule has 144 valence electrons. The molecule has 1 rings (SSSR count). The molecule has 0 aliphatic rings. The van der Waals surface area contributed by atoms with Crippen molar-refractivity contribution in [2.24, 2.45) is 0 Å². The van der Waals surface area contributed by atoms with Gasteiger partial charge in [0.05, 0.1) is 0 Å². The van der Waals surface area contributed by atoms with E-state index >= 15 is 0 Å². The van der Waals surface area contributed by atoms with Gasteiger partial charge in [-0.25, -0.2) is 0 Å². The summed E-state index contributed by atoms with van der Waals surface area (Å²) in [7, 11) is 0. The quantitative estimate of drug-likeness (QED) is 0.233. The van der Waals surface area contributed by atoms with E-state index in [-0.39, 0.29) is 34.1 Å². The van der Waals surface area contributed by atoms with Crippen LogP contribution in [0, 0.1) is 53.2 Å². The molecule has 8 nitrogen and oxygen atoms in total. The summed E-state index contributed by atoms with van der Waals surface area (Å²) < 4.78 is 60.0. The monoisotopic (exact) mass is 490 g/mol. The van der Waals surface area contributed by atoms with Crippen LogP contribution in [0.3, 0.4) is 0 Å². The summed E-state index contributed by atoms with van der Waals surface area (Å²) in [6.45, 7) is 36.0. The molecule has 0 saturated heterocycles. The van der Waals surface area contributed by atoms with Gasteiger partial charge in [-0.15, -0.1) is 0 Å². The van der Waals surface area contributed by atoms with Gasteiger partial charge >= 0.3 is 90.4 Å². The molecule has 0 aromatic heterocycles. The van der Waals surface area contributed by atoms with Crippen LogP contribution in [0.1, 0.15) is 0 Å². The fourth-order valence-electron chi connectivity index (χ4n) is 0.420. The molecule has 0 saturated carbocycles. The summed E-state index contributed by atoms with van der Waals surface area (Å²) >= 11 is 8.90. The summed E-state index contributed by atoms with van der Waals surface area (Å²) in [6.07, 6.45) is 1.58. The SMILES string of the molecule is C[S-].[C-]#[O+].[C-]#[O+].[C-]#[O+].[C-]#[O+].[C-]#[O+].[C-]#[O+].[C-]#[O+].[C-]#[O+].[Mn].[Mn].[S-]c1ccccc1. The van der Waals surface area contributed by atoms with Crippen LogP contribution in [0.2, 0.25) is 0 Å². The second-order valence-corrected chi connectivity index (χ2v) is 1.78. The third kappa shape index (κ3) is 281. The van der Waals surface area contributed by atoms with Crippen LogP contribution in [0.15, 0.2) is 35.2 Å². The molecular weight excluding hydrogens is 482 g/mol. The Morgan fingerprint density at radius 3 is 0.704 bits per heavy atom. The first-order valence-electron chi connectivity index (χ1n) is 4.16. The van der Waals surface area contributed by atoms with Crippen LogP contribution in [-0.2, 0) is 96.6 Å². The molecule has 0 heterocycles. The Hall–Kier alpha value is -1.25. The van der Waals surface area contributed by atoms with E-state index in [1.165, 1.54) is 0 Å². The van der Waals surface area contributed by atoms with Crippen molar-refractivity contribution in [3.63, 3.8) is 0 Å². The zero-order valence-electron chi connectivity index (χ0n) is 13.2. The minimum atomic E-state index is 0. The Morgan fingerprint density at radius 2 is 0.630 bits per heavy atom. The minimum absolute atomic E-state index is 0. The van der Waals surface area contributed by atoms with E-state index < -0.39 is 0 Å². The van der Waals surface area contributed by atoms with Crippen LogP contribution < -0.4 is 0 Å². The maximum Gasteiger partial charge on any atom is 0 e. The van der Waals surface area contributed by atoms with Crippen molar-refractivity contribution >= 4 is 25.3 Å². The molecule has 12 heteroatoms. The van der Waals surface area contributed by atoms with Gasteiger partial charge < -0.3 is 25.3 Å². The molecule has 0 bridgehead atoms. The first-order chi connectivity index (χ1) is 12.4. The predicted molar refractivity (Wildman–Crippen MR) is 76.8 cm³/mol. The number of benzene rings is 1. The Bertz CT molecular complexity index is 366. The van der Waals surface area contributed by atoms with Crippen LogP contribution >= 0.6 is 0 Å². The Balaban J connectivity index is -0.0000000126. The van der Waals surface area contributed by atoms with E-state index in [2.05, 4.69) is 65.8 Å². The molecule has 2 radical (unpaired) electrons. The van der Waals surface area contributed by atoms with Gasteiger partial charge in [-0.1, -0.05) is 30.3 Å². The molecule has 1 aromatic carbocycles. The third-order valence-electron chi connectivity index (χ3n) is 0.743. The molecule has 27 heavy (non-hydrogen) atoms. The zero-order valence-corrected chi connectivity index (χ0v) is 17.2.